The van der Waals surface area contributed by atoms with Crippen LogP contribution < -0.4 is 11.1 Å². The van der Waals surface area contributed by atoms with Crippen LogP contribution >= 0.6 is 12.4 Å². The van der Waals surface area contributed by atoms with Gasteiger partial charge in [-0.1, -0.05) is 13.8 Å². The maximum Gasteiger partial charge on any atom is 0.247 e. The Balaban J connectivity index is 0.00000441. The SMILES string of the molecule is CC(C)[C@H](N)C(=O)NCC(=O)N1CCN(C)C(=O)C1(C)C.Cl. The quantitative estimate of drug-likeness (QED) is 0.730. The second-order valence-corrected chi connectivity index (χ2v) is 6.32. The summed E-state index contributed by atoms with van der Waals surface area (Å²) < 4.78 is 0. The van der Waals surface area contributed by atoms with Crippen LogP contribution in [-0.4, -0.2) is 65.8 Å². The topological polar surface area (TPSA) is 95.7 Å². The van der Waals surface area contributed by atoms with Crippen LogP contribution in [0.25, 0.3) is 0 Å². The molecule has 1 aliphatic rings. The van der Waals surface area contributed by atoms with E-state index < -0.39 is 11.6 Å². The zero-order valence-corrected chi connectivity index (χ0v) is 14.7. The number of nitrogens with zero attached hydrogens (tertiary/aromatic N) is 2. The average molecular weight is 335 g/mol. The Morgan fingerprint density at radius 3 is 2.36 bits per heavy atom. The van der Waals surface area contributed by atoms with Crippen LogP contribution in [0.15, 0.2) is 0 Å². The fourth-order valence-corrected chi connectivity index (χ4v) is 2.33. The van der Waals surface area contributed by atoms with Crippen molar-refractivity contribution in [2.24, 2.45) is 11.7 Å². The van der Waals surface area contributed by atoms with Gasteiger partial charge in [-0.25, -0.2) is 0 Å². The number of halogens is 1. The van der Waals surface area contributed by atoms with Crippen LogP contribution in [0.4, 0.5) is 0 Å². The van der Waals surface area contributed by atoms with Crippen LogP contribution in [0.5, 0.6) is 0 Å². The summed E-state index contributed by atoms with van der Waals surface area (Å²) in [6.07, 6.45) is 0. The molecule has 0 spiro atoms. The van der Waals surface area contributed by atoms with Crippen molar-refractivity contribution in [1.29, 1.82) is 0 Å². The predicted octanol–water partition coefficient (Wildman–Crippen LogP) is -0.413. The summed E-state index contributed by atoms with van der Waals surface area (Å²) in [6, 6.07) is -0.639. The van der Waals surface area contributed by atoms with Gasteiger partial charge in [0, 0.05) is 20.1 Å². The molecule has 0 aromatic carbocycles. The highest BCUT2D eigenvalue weighted by Crippen LogP contribution is 2.21. The Kier molecular flexibility index (Phi) is 7.31. The molecule has 22 heavy (non-hydrogen) atoms. The van der Waals surface area contributed by atoms with Crippen molar-refractivity contribution in [2.75, 3.05) is 26.7 Å². The predicted molar refractivity (Wildman–Crippen MR) is 86.5 cm³/mol. The van der Waals surface area contributed by atoms with Crippen LogP contribution in [0.3, 0.4) is 0 Å². The molecule has 3 N–H and O–H groups in total. The van der Waals surface area contributed by atoms with Gasteiger partial charge in [-0.2, -0.15) is 0 Å². The number of carbonyl (C=O) groups excluding carboxylic acids is 3. The van der Waals surface area contributed by atoms with Crippen molar-refractivity contribution in [3.8, 4) is 0 Å². The van der Waals surface area contributed by atoms with Crippen LogP contribution in [0, 0.1) is 5.92 Å². The highest BCUT2D eigenvalue weighted by atomic mass is 35.5. The largest absolute Gasteiger partial charge is 0.346 e. The van der Waals surface area contributed by atoms with Crippen LogP contribution in [-0.2, 0) is 14.4 Å². The van der Waals surface area contributed by atoms with E-state index in [1.54, 1.807) is 25.8 Å². The van der Waals surface area contributed by atoms with Gasteiger partial charge in [0.25, 0.3) is 0 Å². The van der Waals surface area contributed by atoms with Gasteiger partial charge < -0.3 is 20.9 Å². The molecule has 1 saturated heterocycles. The first-order valence-corrected chi connectivity index (χ1v) is 7.18. The van der Waals surface area contributed by atoms with Crippen molar-refractivity contribution >= 4 is 30.1 Å². The molecule has 0 saturated carbocycles. The van der Waals surface area contributed by atoms with E-state index in [4.69, 9.17) is 5.73 Å². The summed E-state index contributed by atoms with van der Waals surface area (Å²) in [6.45, 7) is 7.92. The molecule has 1 rings (SSSR count). The van der Waals surface area contributed by atoms with Gasteiger partial charge in [0.1, 0.15) is 5.54 Å². The molecule has 0 bridgehead atoms. The van der Waals surface area contributed by atoms with Crippen molar-refractivity contribution in [2.45, 2.75) is 39.3 Å². The molecule has 0 aromatic rings. The van der Waals surface area contributed by atoms with E-state index in [1.807, 2.05) is 13.8 Å². The number of nitrogens with one attached hydrogen (secondary N) is 1. The maximum absolute atomic E-state index is 12.3. The molecular weight excluding hydrogens is 308 g/mol. The highest BCUT2D eigenvalue weighted by molar-refractivity contribution is 5.94. The van der Waals surface area contributed by atoms with E-state index >= 15 is 0 Å². The van der Waals surface area contributed by atoms with E-state index in [9.17, 15) is 14.4 Å². The Morgan fingerprint density at radius 2 is 1.86 bits per heavy atom. The lowest BCUT2D eigenvalue weighted by Crippen LogP contribution is -2.65. The minimum Gasteiger partial charge on any atom is -0.346 e. The average Bonchev–Trinajstić information content (AvgIpc) is 2.40. The molecular formula is C14H27ClN4O3. The summed E-state index contributed by atoms with van der Waals surface area (Å²) in [5, 5.41) is 2.54. The third-order valence-corrected chi connectivity index (χ3v) is 3.94. The minimum absolute atomic E-state index is 0. The molecule has 128 valence electrons. The van der Waals surface area contributed by atoms with Crippen molar-refractivity contribution in [1.82, 2.24) is 15.1 Å². The van der Waals surface area contributed by atoms with E-state index in [0.29, 0.717) is 13.1 Å². The fraction of sp³-hybridized carbons (Fsp3) is 0.786. The van der Waals surface area contributed by atoms with Gasteiger partial charge in [-0.3, -0.25) is 14.4 Å². The standard InChI is InChI=1S/C14H26N4O3.ClH/c1-9(2)11(15)12(20)16-8-10(19)18-7-6-17(5)13(21)14(18,3)4;/h9,11H,6-8,15H2,1-5H3,(H,16,20);1H/t11-;/m0./s1. The first-order valence-electron chi connectivity index (χ1n) is 7.18. The molecule has 1 aliphatic heterocycles. The summed E-state index contributed by atoms with van der Waals surface area (Å²) in [7, 11) is 1.72. The summed E-state index contributed by atoms with van der Waals surface area (Å²) in [5.74, 6) is -0.726. The van der Waals surface area contributed by atoms with E-state index in [1.165, 1.54) is 4.90 Å². The minimum atomic E-state index is -0.894. The van der Waals surface area contributed by atoms with Crippen LogP contribution in [0.2, 0.25) is 0 Å². The molecule has 1 atom stereocenters. The van der Waals surface area contributed by atoms with Crippen LogP contribution in [0.1, 0.15) is 27.7 Å². The molecule has 0 aliphatic carbocycles. The third kappa shape index (κ3) is 4.33. The number of hydrogen-bond acceptors (Lipinski definition) is 4. The summed E-state index contributed by atoms with van der Waals surface area (Å²) in [5.41, 5.74) is 4.83. The second-order valence-electron chi connectivity index (χ2n) is 6.32. The van der Waals surface area contributed by atoms with Crippen molar-refractivity contribution in [3.63, 3.8) is 0 Å². The monoisotopic (exact) mass is 334 g/mol. The molecule has 0 unspecified atom stereocenters. The molecule has 1 fully saturated rings. The van der Waals surface area contributed by atoms with Gasteiger partial charge in [-0.05, 0) is 19.8 Å². The maximum atomic E-state index is 12.3. The molecule has 3 amide bonds. The molecule has 8 heteroatoms. The lowest BCUT2D eigenvalue weighted by atomic mass is 9.97. The Labute approximate surface area is 138 Å². The van der Waals surface area contributed by atoms with Gasteiger partial charge in [0.15, 0.2) is 0 Å². The second kappa shape index (κ2) is 7.78. The highest BCUT2D eigenvalue weighted by Gasteiger charge is 2.42. The molecule has 1 heterocycles. The normalized spacial score (nSPS) is 18.8. The van der Waals surface area contributed by atoms with Crippen molar-refractivity contribution in [3.05, 3.63) is 0 Å². The number of hydrogen-bond donors (Lipinski definition) is 2. The zero-order valence-electron chi connectivity index (χ0n) is 13.9. The molecule has 0 radical (unpaired) electrons. The lowest BCUT2D eigenvalue weighted by Gasteiger charge is -2.44. The Morgan fingerprint density at radius 1 is 1.32 bits per heavy atom. The first-order chi connectivity index (χ1) is 9.59. The van der Waals surface area contributed by atoms with Gasteiger partial charge in [-0.15, -0.1) is 12.4 Å². The number of likely N-dealkylation sites (N-methyl/N-ethyl adjacent to an activating group) is 1. The van der Waals surface area contributed by atoms with Gasteiger partial charge in [0.2, 0.25) is 17.7 Å². The number of piperazine rings is 1. The smallest absolute Gasteiger partial charge is 0.247 e. The number of nitrogens with two attached hydrogens (primary N) is 1. The van der Waals surface area contributed by atoms with Gasteiger partial charge in [0.05, 0.1) is 12.6 Å². The van der Waals surface area contributed by atoms with E-state index in [0.717, 1.165) is 0 Å². The number of carbonyl (C=O) groups is 3. The summed E-state index contributed by atoms with van der Waals surface area (Å²) in [4.78, 5) is 39.3. The fourth-order valence-electron chi connectivity index (χ4n) is 2.33. The Hall–Kier alpha value is -1.34. The molecule has 0 aromatic heterocycles. The number of rotatable bonds is 4. The zero-order chi connectivity index (χ0) is 16.4. The Bertz CT molecular complexity index is 440. The lowest BCUT2D eigenvalue weighted by molar-refractivity contribution is -0.157. The van der Waals surface area contributed by atoms with Gasteiger partial charge >= 0.3 is 0 Å². The van der Waals surface area contributed by atoms with E-state index in [2.05, 4.69) is 5.32 Å². The third-order valence-electron chi connectivity index (χ3n) is 3.94. The molecule has 7 nitrogen and oxygen atoms in total. The van der Waals surface area contributed by atoms with Crippen molar-refractivity contribution < 1.29 is 14.4 Å². The number of amides is 3. The first kappa shape index (κ1) is 20.7. The van der Waals surface area contributed by atoms with E-state index in [-0.39, 0.29) is 42.6 Å². The summed E-state index contributed by atoms with van der Waals surface area (Å²) >= 11 is 0.